The number of aromatic nitrogens is 2. The van der Waals surface area contributed by atoms with E-state index < -0.39 is 0 Å². The molecule has 2 fully saturated rings. The molecule has 0 radical (unpaired) electrons. The third-order valence-electron chi connectivity index (χ3n) is 5.98. The van der Waals surface area contributed by atoms with Gasteiger partial charge in [0.15, 0.2) is 0 Å². The zero-order chi connectivity index (χ0) is 19.3. The third kappa shape index (κ3) is 5.55. The second-order valence-corrected chi connectivity index (χ2v) is 8.60. The smallest absolute Gasteiger partial charge is 0.222 e. The molecule has 152 valence electrons. The molecule has 1 atom stereocenters. The Morgan fingerprint density at radius 2 is 2.19 bits per heavy atom. The molecule has 0 saturated carbocycles. The molecule has 0 aliphatic carbocycles. The van der Waals surface area contributed by atoms with Gasteiger partial charge in [-0.15, -0.1) is 0 Å². The molecule has 0 aromatic carbocycles. The summed E-state index contributed by atoms with van der Waals surface area (Å²) in [5.41, 5.74) is 1.25. The molecule has 1 spiro atoms. The van der Waals surface area contributed by atoms with Crippen molar-refractivity contribution in [2.75, 3.05) is 19.6 Å². The summed E-state index contributed by atoms with van der Waals surface area (Å²) in [5, 5.41) is 3.02. The van der Waals surface area contributed by atoms with Crippen molar-refractivity contribution in [3.05, 3.63) is 17.7 Å². The molecule has 2 aliphatic heterocycles. The minimum absolute atomic E-state index is 0.0317. The Morgan fingerprint density at radius 1 is 1.41 bits per heavy atom. The number of rotatable bonds is 8. The van der Waals surface area contributed by atoms with Gasteiger partial charge >= 0.3 is 0 Å². The molecule has 3 rings (SSSR count). The van der Waals surface area contributed by atoms with Gasteiger partial charge in [0.25, 0.3) is 0 Å². The molecule has 27 heavy (non-hydrogen) atoms. The summed E-state index contributed by atoms with van der Waals surface area (Å²) in [6.07, 6.45) is 9.94. The Kier molecular flexibility index (Phi) is 6.93. The van der Waals surface area contributed by atoms with Crippen LogP contribution in [0, 0.1) is 5.92 Å². The minimum atomic E-state index is 0.0317. The maximum absolute atomic E-state index is 11.8. The first-order chi connectivity index (χ1) is 13.0. The Morgan fingerprint density at radius 3 is 2.89 bits per heavy atom. The van der Waals surface area contributed by atoms with Crippen LogP contribution in [-0.2, 0) is 22.5 Å². The van der Waals surface area contributed by atoms with Gasteiger partial charge in [0, 0.05) is 50.4 Å². The van der Waals surface area contributed by atoms with E-state index in [1.165, 1.54) is 18.5 Å². The molecule has 3 heterocycles. The predicted octanol–water partition coefficient (Wildman–Crippen LogP) is 3.04. The van der Waals surface area contributed by atoms with E-state index in [4.69, 9.17) is 4.74 Å². The molecular formula is C21H36N4O2. The zero-order valence-corrected chi connectivity index (χ0v) is 17.2. The van der Waals surface area contributed by atoms with Crippen molar-refractivity contribution < 1.29 is 9.53 Å². The van der Waals surface area contributed by atoms with Crippen molar-refractivity contribution in [3.63, 3.8) is 0 Å². The van der Waals surface area contributed by atoms with Crippen molar-refractivity contribution in [1.29, 1.82) is 0 Å². The average Bonchev–Trinajstić information content (AvgIpc) is 3.27. The maximum atomic E-state index is 11.8. The lowest BCUT2D eigenvalue weighted by Gasteiger charge is -2.39. The van der Waals surface area contributed by atoms with Crippen LogP contribution in [0.4, 0.5) is 0 Å². The number of imidazole rings is 1. The van der Waals surface area contributed by atoms with Gasteiger partial charge in [-0.05, 0) is 32.1 Å². The summed E-state index contributed by atoms with van der Waals surface area (Å²) in [5.74, 6) is 1.27. The number of ether oxygens (including phenoxy) is 1. The van der Waals surface area contributed by atoms with Crippen LogP contribution in [0.25, 0.3) is 0 Å². The highest BCUT2D eigenvalue weighted by Crippen LogP contribution is 2.38. The van der Waals surface area contributed by atoms with Gasteiger partial charge in [0.05, 0.1) is 11.7 Å². The van der Waals surface area contributed by atoms with Gasteiger partial charge < -0.3 is 15.0 Å². The van der Waals surface area contributed by atoms with Crippen LogP contribution < -0.4 is 5.32 Å². The number of likely N-dealkylation sites (tertiary alicyclic amines) is 1. The number of H-pyrrole nitrogens is 1. The number of amides is 1. The number of nitrogens with zero attached hydrogens (tertiary/aromatic N) is 2. The molecule has 0 bridgehead atoms. The van der Waals surface area contributed by atoms with Gasteiger partial charge in [-0.25, -0.2) is 4.98 Å². The molecule has 6 heteroatoms. The lowest BCUT2D eigenvalue weighted by atomic mass is 9.88. The summed E-state index contributed by atoms with van der Waals surface area (Å²) in [6, 6.07) is 0. The number of nitrogens with one attached hydrogen (secondary N) is 2. The van der Waals surface area contributed by atoms with Crippen molar-refractivity contribution in [2.24, 2.45) is 5.92 Å². The fourth-order valence-corrected chi connectivity index (χ4v) is 4.14. The van der Waals surface area contributed by atoms with E-state index in [1.54, 1.807) is 0 Å². The van der Waals surface area contributed by atoms with E-state index in [-0.39, 0.29) is 23.5 Å². The lowest BCUT2D eigenvalue weighted by molar-refractivity contribution is -0.125. The van der Waals surface area contributed by atoms with Crippen LogP contribution >= 0.6 is 0 Å². The second kappa shape index (κ2) is 9.20. The number of aryl methyl sites for hydroxylation is 1. The lowest BCUT2D eigenvalue weighted by Crippen LogP contribution is -2.45. The van der Waals surface area contributed by atoms with Crippen LogP contribution in [0.1, 0.15) is 70.8 Å². The number of carbonyl (C=O) groups excluding carboxylic acids is 1. The highest BCUT2D eigenvalue weighted by atomic mass is 16.5. The van der Waals surface area contributed by atoms with E-state index in [0.29, 0.717) is 6.54 Å². The SMILES string of the molecule is CCCCc1ncc(CN2CCC3(CCC(CNC(=O)C(C)C)O3)CC2)[nH]1. The van der Waals surface area contributed by atoms with Crippen LogP contribution in [-0.4, -0.2) is 52.1 Å². The third-order valence-corrected chi connectivity index (χ3v) is 5.98. The van der Waals surface area contributed by atoms with Crippen molar-refractivity contribution >= 4 is 5.91 Å². The molecule has 1 aromatic heterocycles. The van der Waals surface area contributed by atoms with Crippen molar-refractivity contribution in [1.82, 2.24) is 20.2 Å². The van der Waals surface area contributed by atoms with Crippen LogP contribution in [0.2, 0.25) is 0 Å². The number of aromatic amines is 1. The summed E-state index contributed by atoms with van der Waals surface area (Å²) < 4.78 is 6.41. The van der Waals surface area contributed by atoms with E-state index >= 15 is 0 Å². The first-order valence-corrected chi connectivity index (χ1v) is 10.7. The molecule has 2 aliphatic rings. The van der Waals surface area contributed by atoms with Crippen molar-refractivity contribution in [3.8, 4) is 0 Å². The molecule has 1 aromatic rings. The number of unbranched alkanes of at least 4 members (excludes halogenated alkanes) is 1. The van der Waals surface area contributed by atoms with Crippen LogP contribution in [0.3, 0.4) is 0 Å². The van der Waals surface area contributed by atoms with Gasteiger partial charge in [-0.3, -0.25) is 9.69 Å². The first-order valence-electron chi connectivity index (χ1n) is 10.7. The fraction of sp³-hybridized carbons (Fsp3) is 0.810. The molecular weight excluding hydrogens is 340 g/mol. The molecule has 1 amide bonds. The highest BCUT2D eigenvalue weighted by molar-refractivity contribution is 5.77. The van der Waals surface area contributed by atoms with E-state index in [2.05, 4.69) is 27.1 Å². The highest BCUT2D eigenvalue weighted by Gasteiger charge is 2.42. The van der Waals surface area contributed by atoms with E-state index in [1.807, 2.05) is 20.0 Å². The van der Waals surface area contributed by atoms with E-state index in [0.717, 1.165) is 57.6 Å². The quantitative estimate of drug-likeness (QED) is 0.732. The predicted molar refractivity (Wildman–Crippen MR) is 106 cm³/mol. The first kappa shape index (κ1) is 20.3. The topological polar surface area (TPSA) is 70.2 Å². The van der Waals surface area contributed by atoms with Crippen LogP contribution in [0.5, 0.6) is 0 Å². The van der Waals surface area contributed by atoms with Crippen LogP contribution in [0.15, 0.2) is 6.20 Å². The largest absolute Gasteiger partial charge is 0.370 e. The Labute approximate surface area is 163 Å². The zero-order valence-electron chi connectivity index (χ0n) is 17.2. The Hall–Kier alpha value is -1.40. The standard InChI is InChI=1S/C21H36N4O2/c1-4-5-6-19-22-13-17(24-19)15-25-11-9-21(10-12-25)8-7-18(27-21)14-23-20(26)16(2)3/h13,16,18H,4-12,14-15H2,1-3H3,(H,22,24)(H,23,26). The number of hydrogen-bond acceptors (Lipinski definition) is 4. The molecule has 6 nitrogen and oxygen atoms in total. The molecule has 1 unspecified atom stereocenters. The Bertz CT molecular complexity index is 605. The van der Waals surface area contributed by atoms with Gasteiger partial charge in [-0.1, -0.05) is 27.2 Å². The summed E-state index contributed by atoms with van der Waals surface area (Å²) in [4.78, 5) is 22.2. The summed E-state index contributed by atoms with van der Waals surface area (Å²) in [6.45, 7) is 9.79. The monoisotopic (exact) mass is 376 g/mol. The number of piperidine rings is 1. The summed E-state index contributed by atoms with van der Waals surface area (Å²) in [7, 11) is 0. The molecule has 2 saturated heterocycles. The van der Waals surface area contributed by atoms with Gasteiger partial charge in [-0.2, -0.15) is 0 Å². The Balaban J connectivity index is 1.41. The molecule has 2 N–H and O–H groups in total. The van der Waals surface area contributed by atoms with Crippen molar-refractivity contribution in [2.45, 2.75) is 84.0 Å². The normalized spacial score (nSPS) is 22.6. The summed E-state index contributed by atoms with van der Waals surface area (Å²) >= 11 is 0. The maximum Gasteiger partial charge on any atom is 0.222 e. The number of carbonyl (C=O) groups is 1. The second-order valence-electron chi connectivity index (χ2n) is 8.60. The van der Waals surface area contributed by atoms with Gasteiger partial charge in [0.2, 0.25) is 5.91 Å². The van der Waals surface area contributed by atoms with Gasteiger partial charge in [0.1, 0.15) is 5.82 Å². The van der Waals surface area contributed by atoms with E-state index in [9.17, 15) is 4.79 Å². The fourth-order valence-electron chi connectivity index (χ4n) is 4.14. The number of hydrogen-bond donors (Lipinski definition) is 2. The average molecular weight is 377 g/mol. The minimum Gasteiger partial charge on any atom is -0.370 e.